The lowest BCUT2D eigenvalue weighted by Crippen LogP contribution is -2.12. The highest BCUT2D eigenvalue weighted by Crippen LogP contribution is 2.21. The number of hydrogen-bond acceptors (Lipinski definition) is 4. The van der Waals surface area contributed by atoms with Crippen molar-refractivity contribution in [3.63, 3.8) is 0 Å². The van der Waals surface area contributed by atoms with Gasteiger partial charge < -0.3 is 11.5 Å². The molecule has 2 rings (SSSR count). The van der Waals surface area contributed by atoms with Crippen LogP contribution in [0.1, 0.15) is 15.9 Å². The van der Waals surface area contributed by atoms with Gasteiger partial charge in [-0.1, -0.05) is 24.3 Å². The lowest BCUT2D eigenvalue weighted by atomic mass is 10.1. The maximum atomic E-state index is 12.2. The van der Waals surface area contributed by atoms with Crippen molar-refractivity contribution in [2.24, 2.45) is 5.73 Å². The highest BCUT2D eigenvalue weighted by atomic mass is 32.2. The summed E-state index contributed by atoms with van der Waals surface area (Å²) in [5.74, 6) is -0.823. The number of primary amides is 1. The molecule has 0 radical (unpaired) electrons. The van der Waals surface area contributed by atoms with Crippen LogP contribution in [0.2, 0.25) is 0 Å². The molecule has 6 heteroatoms. The predicted octanol–water partition coefficient (Wildman–Crippen LogP) is 1.34. The van der Waals surface area contributed by atoms with Gasteiger partial charge in [0.05, 0.1) is 10.6 Å². The van der Waals surface area contributed by atoms with Crippen LogP contribution in [-0.4, -0.2) is 14.3 Å². The van der Waals surface area contributed by atoms with Crippen LogP contribution in [0.5, 0.6) is 0 Å². The van der Waals surface area contributed by atoms with E-state index >= 15 is 0 Å². The van der Waals surface area contributed by atoms with E-state index in [0.29, 0.717) is 5.56 Å². The van der Waals surface area contributed by atoms with Crippen molar-refractivity contribution in [1.82, 2.24) is 0 Å². The van der Waals surface area contributed by atoms with Crippen molar-refractivity contribution in [1.29, 1.82) is 0 Å². The summed E-state index contributed by atoms with van der Waals surface area (Å²) in [4.78, 5) is 11.3. The minimum absolute atomic E-state index is 0.220. The second-order valence-electron chi connectivity index (χ2n) is 4.35. The van der Waals surface area contributed by atoms with Crippen LogP contribution in [0.25, 0.3) is 0 Å². The van der Waals surface area contributed by atoms with E-state index in [0.717, 1.165) is 0 Å². The summed E-state index contributed by atoms with van der Waals surface area (Å²) in [7, 11) is -3.47. The number of amides is 1. The molecule has 0 aliphatic heterocycles. The smallest absolute Gasteiger partial charge is 0.248 e. The van der Waals surface area contributed by atoms with E-state index in [1.54, 1.807) is 18.2 Å². The molecule has 0 fully saturated rings. The Morgan fingerprint density at radius 2 is 1.70 bits per heavy atom. The summed E-state index contributed by atoms with van der Waals surface area (Å²) >= 11 is 0. The van der Waals surface area contributed by atoms with Crippen LogP contribution in [0.4, 0.5) is 5.69 Å². The second-order valence-corrected chi connectivity index (χ2v) is 6.34. The van der Waals surface area contributed by atoms with Gasteiger partial charge >= 0.3 is 0 Å². The highest BCUT2D eigenvalue weighted by molar-refractivity contribution is 7.90. The molecule has 104 valence electrons. The summed E-state index contributed by atoms with van der Waals surface area (Å²) in [5, 5.41) is 0. The maximum Gasteiger partial charge on any atom is 0.248 e. The zero-order valence-electron chi connectivity index (χ0n) is 10.6. The molecular formula is C14H14N2O3S. The van der Waals surface area contributed by atoms with E-state index in [1.807, 2.05) is 0 Å². The normalized spacial score (nSPS) is 11.2. The monoisotopic (exact) mass is 290 g/mol. The van der Waals surface area contributed by atoms with Crippen molar-refractivity contribution in [3.05, 3.63) is 59.7 Å². The van der Waals surface area contributed by atoms with Gasteiger partial charge in [0.25, 0.3) is 0 Å². The Morgan fingerprint density at radius 1 is 1.05 bits per heavy atom. The highest BCUT2D eigenvalue weighted by Gasteiger charge is 2.17. The van der Waals surface area contributed by atoms with Gasteiger partial charge in [0.15, 0.2) is 9.84 Å². The fourth-order valence-electron chi connectivity index (χ4n) is 1.80. The molecule has 2 aromatic rings. The Labute approximate surface area is 117 Å². The lowest BCUT2D eigenvalue weighted by Gasteiger charge is -2.08. The van der Waals surface area contributed by atoms with Crippen molar-refractivity contribution in [3.8, 4) is 0 Å². The molecule has 0 aromatic heterocycles. The van der Waals surface area contributed by atoms with Crippen LogP contribution in [0, 0.1) is 0 Å². The first-order valence-electron chi connectivity index (χ1n) is 5.86. The second kappa shape index (κ2) is 5.34. The third-order valence-corrected chi connectivity index (χ3v) is 4.56. The summed E-state index contributed by atoms with van der Waals surface area (Å²) in [5.41, 5.74) is 11.8. The van der Waals surface area contributed by atoms with Gasteiger partial charge in [-0.3, -0.25) is 4.79 Å². The molecule has 0 saturated heterocycles. The summed E-state index contributed by atoms with van der Waals surface area (Å²) in [6, 6.07) is 12.5. The zero-order valence-corrected chi connectivity index (χ0v) is 11.4. The Kier molecular flexibility index (Phi) is 3.76. The Morgan fingerprint density at radius 3 is 2.25 bits per heavy atom. The van der Waals surface area contributed by atoms with Gasteiger partial charge in [-0.05, 0) is 29.8 Å². The Balaban J connectivity index is 2.33. The van der Waals surface area contributed by atoms with E-state index in [9.17, 15) is 13.2 Å². The fraction of sp³-hybridized carbons (Fsp3) is 0.0714. The minimum Gasteiger partial charge on any atom is -0.398 e. The third kappa shape index (κ3) is 2.97. The molecule has 0 aliphatic rings. The lowest BCUT2D eigenvalue weighted by molar-refractivity contribution is 0.100. The summed E-state index contributed by atoms with van der Waals surface area (Å²) in [6.45, 7) is 0. The standard InChI is InChI=1S/C14H14N2O3S/c15-13-8-10(14(16)17)6-7-11(13)9-20(18,19)12-4-2-1-3-5-12/h1-8H,9,15H2,(H2,16,17). The topological polar surface area (TPSA) is 103 Å². The molecular weight excluding hydrogens is 276 g/mol. The fourth-order valence-corrected chi connectivity index (χ4v) is 3.21. The van der Waals surface area contributed by atoms with Crippen LogP contribution in [0.15, 0.2) is 53.4 Å². The molecule has 2 aromatic carbocycles. The van der Waals surface area contributed by atoms with Crippen LogP contribution >= 0.6 is 0 Å². The predicted molar refractivity (Wildman–Crippen MR) is 76.7 cm³/mol. The molecule has 5 nitrogen and oxygen atoms in total. The van der Waals surface area contributed by atoms with Crippen molar-refractivity contribution in [2.45, 2.75) is 10.6 Å². The number of sulfone groups is 1. The summed E-state index contributed by atoms with van der Waals surface area (Å²) in [6.07, 6.45) is 0. The molecule has 0 spiro atoms. The largest absolute Gasteiger partial charge is 0.398 e. The minimum atomic E-state index is -3.47. The van der Waals surface area contributed by atoms with Crippen LogP contribution < -0.4 is 11.5 Å². The SMILES string of the molecule is NC(=O)c1ccc(CS(=O)(=O)c2ccccc2)c(N)c1. The molecule has 4 N–H and O–H groups in total. The molecule has 20 heavy (non-hydrogen) atoms. The van der Waals surface area contributed by atoms with Gasteiger partial charge in [-0.15, -0.1) is 0 Å². The number of rotatable bonds is 4. The van der Waals surface area contributed by atoms with Crippen LogP contribution in [-0.2, 0) is 15.6 Å². The molecule has 0 atom stereocenters. The molecule has 0 bridgehead atoms. The maximum absolute atomic E-state index is 12.2. The number of nitrogen functional groups attached to an aromatic ring is 1. The molecule has 0 unspecified atom stereocenters. The number of carbonyl (C=O) groups is 1. The molecule has 0 heterocycles. The average molecular weight is 290 g/mol. The number of nitrogens with two attached hydrogens (primary N) is 2. The van der Waals surface area contributed by atoms with Crippen molar-refractivity contribution < 1.29 is 13.2 Å². The molecule has 0 aliphatic carbocycles. The molecule has 1 amide bonds. The van der Waals surface area contributed by atoms with E-state index < -0.39 is 15.7 Å². The first kappa shape index (κ1) is 14.1. The van der Waals surface area contributed by atoms with Gasteiger partial charge in [0.2, 0.25) is 5.91 Å². The quantitative estimate of drug-likeness (QED) is 0.829. The van der Waals surface area contributed by atoms with Crippen molar-refractivity contribution in [2.75, 3.05) is 5.73 Å². The average Bonchev–Trinajstić information content (AvgIpc) is 2.41. The van der Waals surface area contributed by atoms with E-state index in [4.69, 9.17) is 11.5 Å². The number of hydrogen-bond donors (Lipinski definition) is 2. The first-order valence-corrected chi connectivity index (χ1v) is 7.51. The van der Waals surface area contributed by atoms with Gasteiger partial charge in [0, 0.05) is 11.3 Å². The van der Waals surface area contributed by atoms with E-state index in [1.165, 1.54) is 30.3 Å². The molecule has 0 saturated carbocycles. The zero-order chi connectivity index (χ0) is 14.8. The van der Waals surface area contributed by atoms with Gasteiger partial charge in [-0.2, -0.15) is 0 Å². The third-order valence-electron chi connectivity index (χ3n) is 2.88. The van der Waals surface area contributed by atoms with Crippen molar-refractivity contribution >= 4 is 21.4 Å². The van der Waals surface area contributed by atoms with Gasteiger partial charge in [-0.25, -0.2) is 8.42 Å². The number of benzene rings is 2. The van der Waals surface area contributed by atoms with E-state index in [-0.39, 0.29) is 21.9 Å². The van der Waals surface area contributed by atoms with Crippen LogP contribution in [0.3, 0.4) is 0 Å². The Hall–Kier alpha value is -2.34. The first-order chi connectivity index (χ1) is 9.40. The van der Waals surface area contributed by atoms with E-state index in [2.05, 4.69) is 0 Å². The number of anilines is 1. The summed E-state index contributed by atoms with van der Waals surface area (Å²) < 4.78 is 24.5. The van der Waals surface area contributed by atoms with Gasteiger partial charge in [0.1, 0.15) is 0 Å². The Bertz CT molecular complexity index is 740. The number of carbonyl (C=O) groups excluding carboxylic acids is 1.